The lowest BCUT2D eigenvalue weighted by Crippen LogP contribution is -2.71. The standard InChI is InChI=1S/C19H19N9O5S2/c1-33-24-11(14-23-19(20)35-25-14)15(29)22-12-16(30)28-13(18(31)32)9(7-34-17(12)28)5-26-6-10-3-2-4-21-27(10)8-26/h2-4,12,17H,5-8H2,1H3,(H3-,20,22,23,25,29,31,32)/p+1/b24-11-. The zero-order chi connectivity index (χ0) is 24.7. The van der Waals surface area contributed by atoms with Crippen LogP contribution in [0.2, 0.25) is 0 Å². The Kier molecular flexibility index (Phi) is 6.08. The van der Waals surface area contributed by atoms with Crippen molar-refractivity contribution < 1.29 is 29.0 Å². The lowest BCUT2D eigenvalue weighted by molar-refractivity contribution is -0.758. The molecule has 2 unspecified atom stereocenters. The minimum Gasteiger partial charge on any atom is -0.477 e. The number of oxime groups is 1. The Bertz CT molecular complexity index is 1250. The lowest BCUT2D eigenvalue weighted by atomic mass is 10.0. The third kappa shape index (κ3) is 4.19. The average molecular weight is 519 g/mol. The van der Waals surface area contributed by atoms with Gasteiger partial charge in [-0.25, -0.2) is 9.69 Å². The molecule has 3 aliphatic rings. The van der Waals surface area contributed by atoms with E-state index in [1.165, 1.54) is 23.8 Å². The molecule has 3 aliphatic heterocycles. The number of anilines is 1. The molecule has 5 rings (SSSR count). The molecule has 14 nitrogen and oxygen atoms in total. The molecule has 4 N–H and O–H groups in total. The second-order valence-electron chi connectivity index (χ2n) is 7.84. The van der Waals surface area contributed by atoms with E-state index in [0.717, 1.165) is 17.2 Å². The van der Waals surface area contributed by atoms with Crippen molar-refractivity contribution in [2.45, 2.75) is 24.6 Å². The number of hydrogen-bond acceptors (Lipinski definition) is 12. The quantitative estimate of drug-likeness (QED) is 0.166. The van der Waals surface area contributed by atoms with Gasteiger partial charge >= 0.3 is 5.97 Å². The molecule has 16 heteroatoms. The normalized spacial score (nSPS) is 21.9. The lowest BCUT2D eigenvalue weighted by Gasteiger charge is -2.49. The Labute approximate surface area is 206 Å². The molecule has 5 heterocycles. The van der Waals surface area contributed by atoms with Crippen molar-refractivity contribution in [1.82, 2.24) is 29.6 Å². The zero-order valence-electron chi connectivity index (χ0n) is 18.3. The summed E-state index contributed by atoms with van der Waals surface area (Å²) in [5.41, 5.74) is 6.97. The minimum atomic E-state index is -1.19. The van der Waals surface area contributed by atoms with Gasteiger partial charge in [-0.3, -0.25) is 14.5 Å². The van der Waals surface area contributed by atoms with E-state index < -0.39 is 29.2 Å². The van der Waals surface area contributed by atoms with Crippen molar-refractivity contribution >= 4 is 51.9 Å². The Morgan fingerprint density at radius 1 is 1.46 bits per heavy atom. The summed E-state index contributed by atoms with van der Waals surface area (Å²) in [5, 5.41) is 20.1. The molecule has 1 saturated heterocycles. The van der Waals surface area contributed by atoms with Gasteiger partial charge in [0.05, 0.1) is 12.7 Å². The zero-order valence-corrected chi connectivity index (χ0v) is 20.0. The summed E-state index contributed by atoms with van der Waals surface area (Å²) < 4.78 is 5.81. The second-order valence-corrected chi connectivity index (χ2v) is 9.73. The SMILES string of the molecule is CO/N=C(\C(=O)NC1C(=O)N2C(C(=O)O)=C(CN3Cc4cccn[n+]4C3)CSC12)c1nsc(N)n1. The van der Waals surface area contributed by atoms with Crippen LogP contribution < -0.4 is 15.7 Å². The van der Waals surface area contributed by atoms with Gasteiger partial charge in [-0.05, 0) is 16.7 Å². The molecule has 182 valence electrons. The number of carboxylic acids is 1. The van der Waals surface area contributed by atoms with Gasteiger partial charge in [0.15, 0.2) is 5.13 Å². The van der Waals surface area contributed by atoms with Crippen LogP contribution in [0.25, 0.3) is 0 Å². The highest BCUT2D eigenvalue weighted by atomic mass is 32.2. The summed E-state index contributed by atoms with van der Waals surface area (Å²) in [6.45, 7) is 1.54. The number of aromatic nitrogens is 4. The van der Waals surface area contributed by atoms with Gasteiger partial charge in [-0.1, -0.05) is 9.84 Å². The Balaban J connectivity index is 1.31. The fraction of sp³-hybridized carbons (Fsp3) is 0.368. The van der Waals surface area contributed by atoms with Crippen molar-refractivity contribution in [3.63, 3.8) is 0 Å². The van der Waals surface area contributed by atoms with Crippen molar-refractivity contribution in [1.29, 1.82) is 0 Å². The predicted molar refractivity (Wildman–Crippen MR) is 122 cm³/mol. The van der Waals surface area contributed by atoms with Crippen LogP contribution in [-0.2, 0) is 32.4 Å². The fourth-order valence-electron chi connectivity index (χ4n) is 4.16. The first-order valence-corrected chi connectivity index (χ1v) is 12.2. The third-order valence-corrected chi connectivity index (χ3v) is 7.52. The molecule has 2 atom stereocenters. The first-order valence-electron chi connectivity index (χ1n) is 10.3. The number of rotatable bonds is 7. The molecule has 0 radical (unpaired) electrons. The highest BCUT2D eigenvalue weighted by molar-refractivity contribution is 8.00. The summed E-state index contributed by atoms with van der Waals surface area (Å²) in [6.07, 6.45) is 1.70. The van der Waals surface area contributed by atoms with E-state index in [1.807, 2.05) is 16.8 Å². The number of nitrogen functional groups attached to an aromatic ring is 1. The second kappa shape index (κ2) is 9.20. The number of nitrogens with zero attached hydrogens (tertiary/aromatic N) is 7. The largest absolute Gasteiger partial charge is 0.477 e. The number of amides is 2. The van der Waals surface area contributed by atoms with Gasteiger partial charge in [0.2, 0.25) is 23.9 Å². The molecule has 2 aromatic rings. The number of fused-ring (bicyclic) bond motifs is 2. The van der Waals surface area contributed by atoms with Crippen LogP contribution in [0.4, 0.5) is 5.13 Å². The number of nitrogens with one attached hydrogen (secondary N) is 1. The molecule has 0 aliphatic carbocycles. The molecule has 0 spiro atoms. The van der Waals surface area contributed by atoms with Crippen LogP contribution in [0.1, 0.15) is 11.5 Å². The number of carbonyl (C=O) groups is 3. The average Bonchev–Trinajstić information content (AvgIpc) is 3.45. The minimum absolute atomic E-state index is 0.0286. The number of carboxylic acid groups (broad SMARTS) is 1. The van der Waals surface area contributed by atoms with Crippen LogP contribution in [0, 0.1) is 0 Å². The third-order valence-electron chi connectivity index (χ3n) is 5.63. The number of nitrogens with two attached hydrogens (primary N) is 1. The summed E-state index contributed by atoms with van der Waals surface area (Å²) in [4.78, 5) is 49.9. The van der Waals surface area contributed by atoms with E-state index >= 15 is 0 Å². The highest BCUT2D eigenvalue weighted by Crippen LogP contribution is 2.40. The molecule has 0 bridgehead atoms. The van der Waals surface area contributed by atoms with Gasteiger partial charge < -0.3 is 21.0 Å². The molecule has 0 aromatic carbocycles. The monoisotopic (exact) mass is 518 g/mol. The van der Waals surface area contributed by atoms with Gasteiger partial charge in [-0.15, -0.1) is 11.8 Å². The Hall–Kier alpha value is -3.63. The maximum absolute atomic E-state index is 13.0. The topological polar surface area (TPSA) is 180 Å². The van der Waals surface area contributed by atoms with Crippen LogP contribution >= 0.6 is 23.3 Å². The van der Waals surface area contributed by atoms with E-state index in [4.69, 9.17) is 10.6 Å². The molecule has 1 fully saturated rings. The molecule has 2 aromatic heterocycles. The first kappa shape index (κ1) is 23.1. The smallest absolute Gasteiger partial charge is 0.352 e. The molecule has 35 heavy (non-hydrogen) atoms. The number of thioether (sulfide) groups is 1. The van der Waals surface area contributed by atoms with E-state index in [1.54, 1.807) is 6.20 Å². The number of aliphatic carboxylic acids is 1. The fourth-order valence-corrected chi connectivity index (χ4v) is 5.93. The summed E-state index contributed by atoms with van der Waals surface area (Å²) in [5.74, 6) is -2.06. The van der Waals surface area contributed by atoms with Crippen LogP contribution in [0.3, 0.4) is 0 Å². The molecule has 2 amide bonds. The number of hydrogen-bond donors (Lipinski definition) is 3. The van der Waals surface area contributed by atoms with E-state index in [0.29, 0.717) is 31.1 Å². The van der Waals surface area contributed by atoms with Gasteiger partial charge in [-0.2, -0.15) is 9.36 Å². The first-order chi connectivity index (χ1) is 16.9. The summed E-state index contributed by atoms with van der Waals surface area (Å²) >= 11 is 2.27. The maximum atomic E-state index is 13.0. The summed E-state index contributed by atoms with van der Waals surface area (Å²) in [6, 6.07) is 2.89. The van der Waals surface area contributed by atoms with Gasteiger partial charge in [0, 0.05) is 29.9 Å². The maximum Gasteiger partial charge on any atom is 0.352 e. The van der Waals surface area contributed by atoms with Crippen LogP contribution in [0.5, 0.6) is 0 Å². The van der Waals surface area contributed by atoms with Gasteiger partial charge in [0.1, 0.15) is 24.2 Å². The Morgan fingerprint density at radius 3 is 2.97 bits per heavy atom. The predicted octanol–water partition coefficient (Wildman–Crippen LogP) is -1.63. The van der Waals surface area contributed by atoms with Crippen LogP contribution in [0.15, 0.2) is 34.8 Å². The molecular formula is C19H20N9O5S2+. The number of β-lactam (4-membered cyclic amide) rings is 1. The van der Waals surface area contributed by atoms with Crippen molar-refractivity contribution in [3.05, 3.63) is 41.1 Å². The van der Waals surface area contributed by atoms with E-state index in [-0.39, 0.29) is 22.4 Å². The van der Waals surface area contributed by atoms with Crippen molar-refractivity contribution in [3.8, 4) is 0 Å². The van der Waals surface area contributed by atoms with Crippen molar-refractivity contribution in [2.24, 2.45) is 5.16 Å². The molecule has 0 saturated carbocycles. The summed E-state index contributed by atoms with van der Waals surface area (Å²) in [7, 11) is 1.26. The van der Waals surface area contributed by atoms with E-state index in [2.05, 4.69) is 29.8 Å². The van der Waals surface area contributed by atoms with Crippen molar-refractivity contribution in [2.75, 3.05) is 25.1 Å². The highest BCUT2D eigenvalue weighted by Gasteiger charge is 2.54. The number of carbonyl (C=O) groups excluding carboxylic acids is 2. The van der Waals surface area contributed by atoms with Gasteiger partial charge in [0.25, 0.3) is 11.8 Å². The van der Waals surface area contributed by atoms with Crippen LogP contribution in [-0.4, -0.2) is 83.7 Å². The Morgan fingerprint density at radius 2 is 2.29 bits per heavy atom. The van der Waals surface area contributed by atoms with E-state index in [9.17, 15) is 19.5 Å². The molecular weight excluding hydrogens is 498 g/mol.